The molecule has 0 bridgehead atoms. The number of nitrogens with zero attached hydrogens (tertiary/aromatic N) is 2. The molecule has 0 fully saturated rings. The number of hydrogen-bond donors (Lipinski definition) is 3. The predicted molar refractivity (Wildman–Crippen MR) is 113 cm³/mol. The van der Waals surface area contributed by atoms with Crippen molar-refractivity contribution in [1.82, 2.24) is 15.2 Å². The number of hydrogen-bond acceptors (Lipinski definition) is 6. The Kier molecular flexibility index (Phi) is 6.40. The Balaban J connectivity index is 1.63. The quantitative estimate of drug-likeness (QED) is 0.539. The van der Waals surface area contributed by atoms with Gasteiger partial charge in [0.15, 0.2) is 10.9 Å². The third-order valence-corrected chi connectivity index (χ3v) is 4.83. The van der Waals surface area contributed by atoms with E-state index >= 15 is 0 Å². The molecule has 3 N–H and O–H groups in total. The van der Waals surface area contributed by atoms with E-state index < -0.39 is 5.25 Å². The summed E-state index contributed by atoms with van der Waals surface area (Å²) < 4.78 is 0. The summed E-state index contributed by atoms with van der Waals surface area (Å²) in [5, 5.41) is 13.2. The molecule has 1 aromatic heterocycles. The first-order valence-electron chi connectivity index (χ1n) is 8.80. The average molecular weight is 409 g/mol. The average Bonchev–Trinajstić information content (AvgIpc) is 2.70. The van der Waals surface area contributed by atoms with Crippen LogP contribution in [0.4, 0.5) is 11.4 Å². The molecule has 1 unspecified atom stereocenters. The van der Waals surface area contributed by atoms with Gasteiger partial charge in [0.05, 0.1) is 5.25 Å². The SMILES string of the molecule is CC(=O)Nc1ccc(NC(=O)C(C)Sc2nnc(-c3ccccc3)c(=O)[nH]2)cc1. The topological polar surface area (TPSA) is 117 Å². The van der Waals surface area contributed by atoms with Crippen LogP contribution in [0.15, 0.2) is 64.5 Å². The van der Waals surface area contributed by atoms with Gasteiger partial charge >= 0.3 is 0 Å². The normalized spacial score (nSPS) is 11.5. The molecular formula is C20H19N5O3S. The first-order chi connectivity index (χ1) is 13.9. The first kappa shape index (κ1) is 20.3. The summed E-state index contributed by atoms with van der Waals surface area (Å²) in [7, 11) is 0. The van der Waals surface area contributed by atoms with Crippen molar-refractivity contribution in [3.8, 4) is 11.3 Å². The van der Waals surface area contributed by atoms with Crippen LogP contribution in [0, 0.1) is 0 Å². The van der Waals surface area contributed by atoms with Crippen molar-refractivity contribution in [3.05, 3.63) is 65.0 Å². The molecule has 2 amide bonds. The molecule has 0 aliphatic heterocycles. The fourth-order valence-corrected chi connectivity index (χ4v) is 3.21. The van der Waals surface area contributed by atoms with Crippen LogP contribution >= 0.6 is 11.8 Å². The highest BCUT2D eigenvalue weighted by atomic mass is 32.2. The number of carbonyl (C=O) groups is 2. The maximum absolute atomic E-state index is 12.4. The molecule has 1 atom stereocenters. The van der Waals surface area contributed by atoms with Crippen LogP contribution < -0.4 is 16.2 Å². The standard InChI is InChI=1S/C20H19N5O3S/c1-12(18(27)22-16-10-8-15(9-11-16)21-13(2)26)29-20-23-19(28)17(24-25-20)14-6-4-3-5-7-14/h3-12H,1-2H3,(H,21,26)(H,22,27)(H,23,25,28). The van der Waals surface area contributed by atoms with Gasteiger partial charge in [-0.1, -0.05) is 42.1 Å². The summed E-state index contributed by atoms with van der Waals surface area (Å²) in [5.41, 5.74) is 1.77. The van der Waals surface area contributed by atoms with E-state index in [1.807, 2.05) is 18.2 Å². The van der Waals surface area contributed by atoms with E-state index in [-0.39, 0.29) is 28.2 Å². The summed E-state index contributed by atoms with van der Waals surface area (Å²) in [4.78, 5) is 38.4. The summed E-state index contributed by atoms with van der Waals surface area (Å²) >= 11 is 1.10. The molecule has 0 saturated carbocycles. The van der Waals surface area contributed by atoms with Crippen molar-refractivity contribution in [2.24, 2.45) is 0 Å². The lowest BCUT2D eigenvalue weighted by atomic mass is 10.2. The smallest absolute Gasteiger partial charge is 0.278 e. The van der Waals surface area contributed by atoms with E-state index in [0.717, 1.165) is 11.8 Å². The molecule has 8 nitrogen and oxygen atoms in total. The predicted octanol–water partition coefficient (Wildman–Crippen LogP) is 2.91. The molecule has 0 aliphatic carbocycles. The zero-order valence-electron chi connectivity index (χ0n) is 15.8. The van der Waals surface area contributed by atoms with E-state index in [0.29, 0.717) is 16.9 Å². The number of nitrogens with one attached hydrogen (secondary N) is 3. The van der Waals surface area contributed by atoms with E-state index in [4.69, 9.17) is 0 Å². The molecule has 2 aromatic carbocycles. The van der Waals surface area contributed by atoms with E-state index in [2.05, 4.69) is 25.8 Å². The summed E-state index contributed by atoms with van der Waals surface area (Å²) in [6.45, 7) is 3.13. The van der Waals surface area contributed by atoms with Crippen LogP contribution in [0.5, 0.6) is 0 Å². The van der Waals surface area contributed by atoms with Crippen molar-refractivity contribution in [3.63, 3.8) is 0 Å². The van der Waals surface area contributed by atoms with E-state index in [9.17, 15) is 14.4 Å². The van der Waals surface area contributed by atoms with Gasteiger partial charge in [-0.3, -0.25) is 19.4 Å². The van der Waals surface area contributed by atoms with Gasteiger partial charge in [0.2, 0.25) is 11.8 Å². The van der Waals surface area contributed by atoms with Crippen molar-refractivity contribution in [2.45, 2.75) is 24.3 Å². The largest absolute Gasteiger partial charge is 0.326 e. The van der Waals surface area contributed by atoms with E-state index in [1.54, 1.807) is 43.3 Å². The maximum atomic E-state index is 12.4. The monoisotopic (exact) mass is 409 g/mol. The van der Waals surface area contributed by atoms with Gasteiger partial charge in [-0.25, -0.2) is 0 Å². The van der Waals surface area contributed by atoms with Gasteiger partial charge in [-0.15, -0.1) is 10.2 Å². The number of anilines is 2. The lowest BCUT2D eigenvalue weighted by Gasteiger charge is -2.12. The second kappa shape index (κ2) is 9.16. The minimum absolute atomic E-state index is 0.166. The van der Waals surface area contributed by atoms with Crippen LogP contribution in [-0.4, -0.2) is 32.2 Å². The zero-order valence-corrected chi connectivity index (χ0v) is 16.6. The molecule has 0 spiro atoms. The molecule has 9 heteroatoms. The third-order valence-electron chi connectivity index (χ3n) is 3.85. The van der Waals surface area contributed by atoms with Gasteiger partial charge in [0.25, 0.3) is 5.56 Å². The minimum Gasteiger partial charge on any atom is -0.326 e. The number of H-pyrrole nitrogens is 1. The fourth-order valence-electron chi connectivity index (χ4n) is 2.47. The second-order valence-electron chi connectivity index (χ2n) is 6.18. The molecule has 3 aromatic rings. The highest BCUT2D eigenvalue weighted by Gasteiger charge is 2.17. The van der Waals surface area contributed by atoms with Crippen LogP contribution in [0.2, 0.25) is 0 Å². The van der Waals surface area contributed by atoms with Gasteiger partial charge in [0, 0.05) is 23.9 Å². The Morgan fingerprint density at radius 1 is 0.966 bits per heavy atom. The van der Waals surface area contributed by atoms with Crippen molar-refractivity contribution < 1.29 is 9.59 Å². The minimum atomic E-state index is -0.516. The fraction of sp³-hybridized carbons (Fsp3) is 0.150. The molecule has 0 saturated heterocycles. The zero-order chi connectivity index (χ0) is 20.8. The van der Waals surface area contributed by atoms with E-state index in [1.165, 1.54) is 6.92 Å². The molecule has 148 valence electrons. The number of benzene rings is 2. The second-order valence-corrected chi connectivity index (χ2v) is 7.51. The lowest BCUT2D eigenvalue weighted by molar-refractivity contribution is -0.115. The number of rotatable bonds is 6. The number of thioether (sulfide) groups is 1. The molecular weight excluding hydrogens is 390 g/mol. The first-order valence-corrected chi connectivity index (χ1v) is 9.68. The van der Waals surface area contributed by atoms with Gasteiger partial charge < -0.3 is 10.6 Å². The van der Waals surface area contributed by atoms with Gasteiger partial charge in [0.1, 0.15) is 0 Å². The number of aromatic amines is 1. The van der Waals surface area contributed by atoms with Crippen LogP contribution in [0.3, 0.4) is 0 Å². The summed E-state index contributed by atoms with van der Waals surface area (Å²) in [6, 6.07) is 15.8. The van der Waals surface area contributed by atoms with Crippen LogP contribution in [0.1, 0.15) is 13.8 Å². The Morgan fingerprint density at radius 2 is 1.59 bits per heavy atom. The number of amides is 2. The van der Waals surface area contributed by atoms with Crippen molar-refractivity contribution in [1.29, 1.82) is 0 Å². The summed E-state index contributed by atoms with van der Waals surface area (Å²) in [5.74, 6) is -0.419. The Labute approximate surface area is 171 Å². The number of aromatic nitrogens is 3. The van der Waals surface area contributed by atoms with Crippen molar-refractivity contribution in [2.75, 3.05) is 10.6 Å². The lowest BCUT2D eigenvalue weighted by Crippen LogP contribution is -2.23. The number of carbonyl (C=O) groups excluding carboxylic acids is 2. The van der Waals surface area contributed by atoms with Crippen molar-refractivity contribution >= 4 is 35.0 Å². The Morgan fingerprint density at radius 3 is 2.17 bits per heavy atom. The van der Waals surface area contributed by atoms with Gasteiger partial charge in [-0.05, 0) is 31.2 Å². The van der Waals surface area contributed by atoms with Crippen LogP contribution in [0.25, 0.3) is 11.3 Å². The summed E-state index contributed by atoms with van der Waals surface area (Å²) in [6.07, 6.45) is 0. The Bertz CT molecular complexity index is 1070. The molecule has 3 rings (SSSR count). The maximum Gasteiger partial charge on any atom is 0.278 e. The third kappa shape index (κ3) is 5.52. The van der Waals surface area contributed by atoms with Gasteiger partial charge in [-0.2, -0.15) is 0 Å². The molecule has 0 aliphatic rings. The highest BCUT2D eigenvalue weighted by Crippen LogP contribution is 2.21. The van der Waals surface area contributed by atoms with Crippen LogP contribution in [-0.2, 0) is 9.59 Å². The Hall–Kier alpha value is -3.46. The molecule has 29 heavy (non-hydrogen) atoms. The molecule has 1 heterocycles. The molecule has 0 radical (unpaired) electrons. The highest BCUT2D eigenvalue weighted by molar-refractivity contribution is 8.00.